The summed E-state index contributed by atoms with van der Waals surface area (Å²) in [7, 11) is 0. The van der Waals surface area contributed by atoms with E-state index in [1.165, 1.54) is 0 Å². The molecule has 112 valence electrons. The molecule has 6 heteroatoms. The molecule has 2 aliphatic rings. The number of carbonyl (C=O) groups excluding carboxylic acids is 1. The molecule has 0 bridgehead atoms. The van der Waals surface area contributed by atoms with Gasteiger partial charge < -0.3 is 10.0 Å². The molecule has 0 spiro atoms. The number of fused-ring (bicyclic) bond motifs is 1. The lowest BCUT2D eigenvalue weighted by Gasteiger charge is -2.23. The van der Waals surface area contributed by atoms with Gasteiger partial charge in [0.05, 0.1) is 16.0 Å². The molecule has 1 amide bonds. The minimum Gasteiger partial charge on any atom is -0.481 e. The highest BCUT2D eigenvalue weighted by molar-refractivity contribution is 9.10. The van der Waals surface area contributed by atoms with Crippen molar-refractivity contribution in [1.82, 2.24) is 4.90 Å². The Morgan fingerprint density at radius 1 is 1.43 bits per heavy atom. The maximum absolute atomic E-state index is 12.6. The van der Waals surface area contributed by atoms with Crippen molar-refractivity contribution >= 4 is 39.4 Å². The molecule has 2 atom stereocenters. The van der Waals surface area contributed by atoms with Crippen molar-refractivity contribution in [2.24, 2.45) is 11.3 Å². The molecule has 1 saturated heterocycles. The first-order chi connectivity index (χ1) is 9.94. The van der Waals surface area contributed by atoms with E-state index in [0.29, 0.717) is 23.6 Å². The summed E-state index contributed by atoms with van der Waals surface area (Å²) >= 11 is 9.43. The van der Waals surface area contributed by atoms with Gasteiger partial charge in [-0.25, -0.2) is 0 Å². The number of carbonyl (C=O) groups is 2. The number of likely N-dealkylation sites (tertiary alicyclic amines) is 1. The highest BCUT2D eigenvalue weighted by Crippen LogP contribution is 2.49. The van der Waals surface area contributed by atoms with Crippen LogP contribution in [0, 0.1) is 11.3 Å². The first-order valence-corrected chi connectivity index (χ1v) is 8.09. The number of hydrogen-bond acceptors (Lipinski definition) is 2. The zero-order valence-corrected chi connectivity index (χ0v) is 13.7. The van der Waals surface area contributed by atoms with E-state index in [1.807, 2.05) is 0 Å². The van der Waals surface area contributed by atoms with Crippen LogP contribution in [-0.2, 0) is 4.79 Å². The average molecular weight is 373 g/mol. The Morgan fingerprint density at radius 3 is 2.86 bits per heavy atom. The third kappa shape index (κ3) is 2.36. The van der Waals surface area contributed by atoms with Crippen LogP contribution in [0.4, 0.5) is 0 Å². The van der Waals surface area contributed by atoms with Gasteiger partial charge in [-0.2, -0.15) is 0 Å². The van der Waals surface area contributed by atoms with E-state index in [1.54, 1.807) is 23.1 Å². The number of benzene rings is 1. The van der Waals surface area contributed by atoms with Crippen LogP contribution in [0.5, 0.6) is 0 Å². The van der Waals surface area contributed by atoms with Gasteiger partial charge in [0.1, 0.15) is 0 Å². The molecule has 4 nitrogen and oxygen atoms in total. The van der Waals surface area contributed by atoms with Crippen LogP contribution in [0.3, 0.4) is 0 Å². The minimum atomic E-state index is -0.777. The molecule has 0 aromatic heterocycles. The number of nitrogens with zero attached hydrogens (tertiary/aromatic N) is 1. The van der Waals surface area contributed by atoms with E-state index in [4.69, 9.17) is 11.6 Å². The number of hydrogen-bond donors (Lipinski definition) is 1. The van der Waals surface area contributed by atoms with Crippen molar-refractivity contribution in [3.63, 3.8) is 0 Å². The highest BCUT2D eigenvalue weighted by atomic mass is 79.9. The third-order valence-electron chi connectivity index (χ3n) is 4.74. The molecule has 21 heavy (non-hydrogen) atoms. The predicted molar refractivity (Wildman–Crippen MR) is 82.5 cm³/mol. The van der Waals surface area contributed by atoms with Gasteiger partial charge in [0, 0.05) is 17.6 Å². The standard InChI is InChI=1S/C15H15BrClNO3/c16-10-3-4-12(17)11(6-10)13(19)18-7-9-2-1-5-15(9,8-18)14(20)21/h3-4,6,9H,1-2,5,7-8H2,(H,20,21)/t9-,15+/m0/s1. The fourth-order valence-corrected chi connectivity index (χ4v) is 4.18. The SMILES string of the molecule is O=C(c1cc(Br)ccc1Cl)N1C[C@@H]2CCC[C@@]2(C(=O)O)C1. The van der Waals surface area contributed by atoms with Crippen LogP contribution in [0.25, 0.3) is 0 Å². The molecule has 0 radical (unpaired) electrons. The second-order valence-electron chi connectivity index (χ2n) is 5.86. The maximum Gasteiger partial charge on any atom is 0.311 e. The highest BCUT2D eigenvalue weighted by Gasteiger charge is 2.55. The zero-order valence-electron chi connectivity index (χ0n) is 11.3. The lowest BCUT2D eigenvalue weighted by Crippen LogP contribution is -2.37. The summed E-state index contributed by atoms with van der Waals surface area (Å²) in [4.78, 5) is 25.9. The van der Waals surface area contributed by atoms with Gasteiger partial charge in [-0.3, -0.25) is 9.59 Å². The van der Waals surface area contributed by atoms with Crippen molar-refractivity contribution < 1.29 is 14.7 Å². The van der Waals surface area contributed by atoms with E-state index >= 15 is 0 Å². The largest absolute Gasteiger partial charge is 0.481 e. The lowest BCUT2D eigenvalue weighted by molar-refractivity contribution is -0.149. The van der Waals surface area contributed by atoms with E-state index in [9.17, 15) is 14.7 Å². The van der Waals surface area contributed by atoms with Crippen molar-refractivity contribution in [2.75, 3.05) is 13.1 Å². The van der Waals surface area contributed by atoms with Crippen LogP contribution < -0.4 is 0 Å². The second-order valence-corrected chi connectivity index (χ2v) is 7.18. The topological polar surface area (TPSA) is 57.6 Å². The van der Waals surface area contributed by atoms with Crippen molar-refractivity contribution in [2.45, 2.75) is 19.3 Å². The second kappa shape index (κ2) is 5.29. The molecule has 1 aromatic carbocycles. The Hall–Kier alpha value is -1.07. The molecule has 3 rings (SSSR count). The van der Waals surface area contributed by atoms with E-state index < -0.39 is 11.4 Å². The van der Waals surface area contributed by atoms with E-state index in [-0.39, 0.29) is 18.4 Å². The fraction of sp³-hybridized carbons (Fsp3) is 0.467. The Bertz CT molecular complexity index is 621. The average Bonchev–Trinajstić information content (AvgIpc) is 2.98. The first kappa shape index (κ1) is 14.9. The molecule has 1 aromatic rings. The van der Waals surface area contributed by atoms with Crippen LogP contribution in [0.2, 0.25) is 5.02 Å². The molecule has 1 N–H and O–H groups in total. The van der Waals surface area contributed by atoms with Crippen LogP contribution >= 0.6 is 27.5 Å². The molecular weight excluding hydrogens is 358 g/mol. The normalized spacial score (nSPS) is 27.7. The number of carboxylic acid groups (broad SMARTS) is 1. The first-order valence-electron chi connectivity index (χ1n) is 6.92. The van der Waals surface area contributed by atoms with Crippen molar-refractivity contribution in [1.29, 1.82) is 0 Å². The summed E-state index contributed by atoms with van der Waals surface area (Å²) in [5, 5.41) is 9.96. The van der Waals surface area contributed by atoms with Gasteiger partial charge in [0.25, 0.3) is 5.91 Å². The predicted octanol–water partition coefficient (Wildman–Crippen LogP) is 3.43. The van der Waals surface area contributed by atoms with Crippen LogP contribution in [0.15, 0.2) is 22.7 Å². The van der Waals surface area contributed by atoms with E-state index in [2.05, 4.69) is 15.9 Å². The third-order valence-corrected chi connectivity index (χ3v) is 5.57. The van der Waals surface area contributed by atoms with E-state index in [0.717, 1.165) is 17.3 Å². The zero-order chi connectivity index (χ0) is 15.2. The summed E-state index contributed by atoms with van der Waals surface area (Å²) in [6, 6.07) is 5.13. The molecule has 1 saturated carbocycles. The van der Waals surface area contributed by atoms with Crippen LogP contribution in [-0.4, -0.2) is 35.0 Å². The van der Waals surface area contributed by atoms with Gasteiger partial charge in [0.15, 0.2) is 0 Å². The summed E-state index contributed by atoms with van der Waals surface area (Å²) in [5.41, 5.74) is -0.333. The quantitative estimate of drug-likeness (QED) is 0.865. The van der Waals surface area contributed by atoms with Crippen molar-refractivity contribution in [3.8, 4) is 0 Å². The number of rotatable bonds is 2. The van der Waals surface area contributed by atoms with Crippen molar-refractivity contribution in [3.05, 3.63) is 33.3 Å². The lowest BCUT2D eigenvalue weighted by atomic mass is 9.81. The van der Waals surface area contributed by atoms with Gasteiger partial charge in [-0.1, -0.05) is 34.0 Å². The summed E-state index contributed by atoms with van der Waals surface area (Å²) < 4.78 is 0.780. The smallest absolute Gasteiger partial charge is 0.311 e. The Morgan fingerprint density at radius 2 is 2.19 bits per heavy atom. The number of amides is 1. The monoisotopic (exact) mass is 371 g/mol. The molecule has 1 heterocycles. The maximum atomic E-state index is 12.6. The van der Waals surface area contributed by atoms with Gasteiger partial charge >= 0.3 is 5.97 Å². The Kier molecular flexibility index (Phi) is 3.74. The number of aliphatic carboxylic acids is 1. The fourth-order valence-electron chi connectivity index (χ4n) is 3.63. The Balaban J connectivity index is 1.88. The molecule has 1 aliphatic carbocycles. The summed E-state index contributed by atoms with van der Waals surface area (Å²) in [6.07, 6.45) is 2.46. The molecule has 1 aliphatic heterocycles. The van der Waals surface area contributed by atoms with Gasteiger partial charge in [-0.15, -0.1) is 0 Å². The molecule has 0 unspecified atom stereocenters. The number of halogens is 2. The van der Waals surface area contributed by atoms with Gasteiger partial charge in [0.2, 0.25) is 0 Å². The molecule has 2 fully saturated rings. The number of carboxylic acids is 1. The Labute approximate surface area is 136 Å². The summed E-state index contributed by atoms with van der Waals surface area (Å²) in [6.45, 7) is 0.794. The van der Waals surface area contributed by atoms with Gasteiger partial charge in [-0.05, 0) is 37.0 Å². The molecular formula is C15H15BrClNO3. The summed E-state index contributed by atoms with van der Waals surface area (Å²) in [5.74, 6) is -0.901. The van der Waals surface area contributed by atoms with Crippen LogP contribution in [0.1, 0.15) is 29.6 Å². The minimum absolute atomic E-state index is 0.0601.